The van der Waals surface area contributed by atoms with E-state index in [1.165, 1.54) is 6.07 Å². The Balaban J connectivity index is 1.69. The van der Waals surface area contributed by atoms with Gasteiger partial charge < -0.3 is 15.6 Å². The monoisotopic (exact) mass is 367 g/mol. The normalized spacial score (nSPS) is 13.9. The number of alkyl halides is 3. The van der Waals surface area contributed by atoms with Crippen LogP contribution in [-0.2, 0) is 6.18 Å². The number of fused-ring (bicyclic) bond motifs is 1. The highest BCUT2D eigenvalue weighted by atomic mass is 35.5. The number of allylic oxidation sites excluding steroid dienone is 2. The van der Waals surface area contributed by atoms with E-state index in [-0.39, 0.29) is 0 Å². The Labute approximate surface area is 147 Å². The molecule has 1 heterocycles. The van der Waals surface area contributed by atoms with E-state index < -0.39 is 11.7 Å². The van der Waals surface area contributed by atoms with Gasteiger partial charge in [-0.15, -0.1) is 0 Å². The number of hydrogen-bond acceptors (Lipinski definition) is 2. The van der Waals surface area contributed by atoms with Gasteiger partial charge in [-0.05, 0) is 42.8 Å². The smallest absolute Gasteiger partial charge is 0.368 e. The Morgan fingerprint density at radius 3 is 2.64 bits per heavy atom. The average molecular weight is 368 g/mol. The molecule has 0 bridgehead atoms. The zero-order valence-corrected chi connectivity index (χ0v) is 14.2. The Morgan fingerprint density at radius 1 is 1.16 bits per heavy atom. The SMILES string of the molecule is Cc1cc(C(F)(F)F)ccc1NCNc1c[nH]c2c1=CCC(Cl)=CC=2. The molecule has 25 heavy (non-hydrogen) atoms. The summed E-state index contributed by atoms with van der Waals surface area (Å²) in [5, 5.41) is 9.09. The largest absolute Gasteiger partial charge is 0.416 e. The average Bonchev–Trinajstić information content (AvgIpc) is 2.83. The van der Waals surface area contributed by atoms with Crippen molar-refractivity contribution in [3.05, 3.63) is 57.2 Å². The third-order valence-electron chi connectivity index (χ3n) is 4.00. The fourth-order valence-corrected chi connectivity index (χ4v) is 2.81. The van der Waals surface area contributed by atoms with Gasteiger partial charge in [0.15, 0.2) is 0 Å². The first kappa shape index (κ1) is 17.5. The van der Waals surface area contributed by atoms with Gasteiger partial charge in [-0.3, -0.25) is 0 Å². The molecule has 7 heteroatoms. The van der Waals surface area contributed by atoms with Crippen LogP contribution in [0.3, 0.4) is 0 Å². The molecule has 0 fully saturated rings. The minimum atomic E-state index is -4.33. The van der Waals surface area contributed by atoms with Crippen LogP contribution in [0.4, 0.5) is 24.5 Å². The molecule has 0 aliphatic heterocycles. The third-order valence-corrected chi connectivity index (χ3v) is 4.28. The van der Waals surface area contributed by atoms with Crippen molar-refractivity contribution in [1.29, 1.82) is 0 Å². The van der Waals surface area contributed by atoms with Crippen LogP contribution >= 0.6 is 11.6 Å². The molecular weight excluding hydrogens is 351 g/mol. The van der Waals surface area contributed by atoms with Gasteiger partial charge in [0.25, 0.3) is 0 Å². The molecule has 132 valence electrons. The van der Waals surface area contributed by atoms with Crippen molar-refractivity contribution in [2.75, 3.05) is 17.3 Å². The first-order chi connectivity index (χ1) is 11.8. The van der Waals surface area contributed by atoms with Gasteiger partial charge in [0, 0.05) is 33.9 Å². The van der Waals surface area contributed by atoms with E-state index in [4.69, 9.17) is 11.6 Å². The molecule has 0 radical (unpaired) electrons. The Hall–Kier alpha value is -2.34. The van der Waals surface area contributed by atoms with Crippen molar-refractivity contribution in [2.24, 2.45) is 0 Å². The molecule has 1 aromatic carbocycles. The molecule has 3 rings (SSSR count). The molecule has 0 amide bonds. The van der Waals surface area contributed by atoms with Gasteiger partial charge in [0.2, 0.25) is 0 Å². The van der Waals surface area contributed by atoms with Crippen LogP contribution in [0.2, 0.25) is 0 Å². The lowest BCUT2D eigenvalue weighted by Gasteiger charge is -2.13. The van der Waals surface area contributed by atoms with Crippen molar-refractivity contribution >= 4 is 35.1 Å². The minimum absolute atomic E-state index is 0.380. The van der Waals surface area contributed by atoms with Crippen molar-refractivity contribution in [3.63, 3.8) is 0 Å². The van der Waals surface area contributed by atoms with Crippen LogP contribution < -0.4 is 21.2 Å². The van der Waals surface area contributed by atoms with Crippen molar-refractivity contribution < 1.29 is 13.2 Å². The molecule has 0 saturated heterocycles. The topological polar surface area (TPSA) is 39.8 Å². The molecule has 1 aromatic heterocycles. The molecule has 0 atom stereocenters. The predicted octanol–water partition coefficient (Wildman–Crippen LogP) is 3.91. The zero-order chi connectivity index (χ0) is 18.0. The number of aromatic amines is 1. The summed E-state index contributed by atoms with van der Waals surface area (Å²) in [6, 6.07) is 3.66. The van der Waals surface area contributed by atoms with E-state index in [1.807, 2.05) is 24.4 Å². The number of halogens is 4. The molecule has 0 unspecified atom stereocenters. The van der Waals surface area contributed by atoms with Crippen molar-refractivity contribution in [3.8, 4) is 0 Å². The van der Waals surface area contributed by atoms with Gasteiger partial charge in [-0.1, -0.05) is 17.7 Å². The van der Waals surface area contributed by atoms with Crippen LogP contribution in [0.1, 0.15) is 17.5 Å². The number of anilines is 2. The lowest BCUT2D eigenvalue weighted by Crippen LogP contribution is -2.25. The number of H-pyrrole nitrogens is 1. The maximum absolute atomic E-state index is 12.7. The quantitative estimate of drug-likeness (QED) is 0.717. The van der Waals surface area contributed by atoms with E-state index >= 15 is 0 Å². The summed E-state index contributed by atoms with van der Waals surface area (Å²) in [6.07, 6.45) is 3.98. The zero-order valence-electron chi connectivity index (χ0n) is 13.5. The van der Waals surface area contributed by atoms with E-state index in [1.54, 1.807) is 6.92 Å². The highest BCUT2D eigenvalue weighted by molar-refractivity contribution is 6.30. The molecule has 3 N–H and O–H groups in total. The lowest BCUT2D eigenvalue weighted by molar-refractivity contribution is -0.137. The summed E-state index contributed by atoms with van der Waals surface area (Å²) in [5.74, 6) is 0. The molecule has 1 aliphatic carbocycles. The van der Waals surface area contributed by atoms with Crippen LogP contribution in [0, 0.1) is 6.92 Å². The number of aryl methyl sites for hydroxylation is 1. The second-order valence-electron chi connectivity index (χ2n) is 5.78. The van der Waals surface area contributed by atoms with Crippen LogP contribution in [0.15, 0.2) is 35.5 Å². The molecule has 0 spiro atoms. The van der Waals surface area contributed by atoms with E-state index in [0.29, 0.717) is 24.3 Å². The van der Waals surface area contributed by atoms with E-state index in [2.05, 4.69) is 15.6 Å². The van der Waals surface area contributed by atoms with Gasteiger partial charge in [-0.2, -0.15) is 13.2 Å². The molecule has 2 aromatic rings. The molecular formula is C18H17ClF3N3. The van der Waals surface area contributed by atoms with Crippen molar-refractivity contribution in [1.82, 2.24) is 4.98 Å². The highest BCUT2D eigenvalue weighted by Gasteiger charge is 2.30. The Morgan fingerprint density at radius 2 is 1.92 bits per heavy atom. The summed E-state index contributed by atoms with van der Waals surface area (Å²) in [5.41, 5.74) is 1.46. The molecule has 3 nitrogen and oxygen atoms in total. The summed E-state index contributed by atoms with van der Waals surface area (Å²) >= 11 is 6.04. The molecule has 1 aliphatic rings. The third kappa shape index (κ3) is 4.02. The van der Waals surface area contributed by atoms with Gasteiger partial charge in [-0.25, -0.2) is 0 Å². The number of hydrogen-bond donors (Lipinski definition) is 3. The minimum Gasteiger partial charge on any atom is -0.368 e. The van der Waals surface area contributed by atoms with Crippen LogP contribution in [0.5, 0.6) is 0 Å². The first-order valence-corrected chi connectivity index (χ1v) is 8.12. The summed E-state index contributed by atoms with van der Waals surface area (Å²) in [4.78, 5) is 3.17. The van der Waals surface area contributed by atoms with Gasteiger partial charge >= 0.3 is 6.18 Å². The maximum atomic E-state index is 12.7. The lowest BCUT2D eigenvalue weighted by atomic mass is 10.1. The van der Waals surface area contributed by atoms with Crippen LogP contribution in [-0.4, -0.2) is 11.7 Å². The Kier molecular flexibility index (Phi) is 4.81. The van der Waals surface area contributed by atoms with Crippen molar-refractivity contribution in [2.45, 2.75) is 19.5 Å². The predicted molar refractivity (Wildman–Crippen MR) is 95.8 cm³/mol. The summed E-state index contributed by atoms with van der Waals surface area (Å²) in [7, 11) is 0. The fourth-order valence-electron chi connectivity index (χ4n) is 2.67. The number of nitrogens with one attached hydrogen (secondary N) is 3. The van der Waals surface area contributed by atoms with E-state index in [0.717, 1.165) is 33.4 Å². The fraction of sp³-hybridized carbons (Fsp3) is 0.222. The summed E-state index contributed by atoms with van der Waals surface area (Å²) < 4.78 is 38.1. The highest BCUT2D eigenvalue weighted by Crippen LogP contribution is 2.31. The summed E-state index contributed by atoms with van der Waals surface area (Å²) in [6.45, 7) is 2.03. The second kappa shape index (κ2) is 6.88. The van der Waals surface area contributed by atoms with Crippen LogP contribution in [0.25, 0.3) is 12.2 Å². The number of rotatable bonds is 4. The second-order valence-corrected chi connectivity index (χ2v) is 6.26. The number of aromatic nitrogens is 1. The number of benzene rings is 1. The Bertz CT molecular complexity index is 926. The van der Waals surface area contributed by atoms with E-state index in [9.17, 15) is 13.2 Å². The van der Waals surface area contributed by atoms with Gasteiger partial charge in [0.1, 0.15) is 0 Å². The first-order valence-electron chi connectivity index (χ1n) is 7.74. The van der Waals surface area contributed by atoms with Gasteiger partial charge in [0.05, 0.1) is 17.9 Å². The standard InChI is InChI=1S/C18H17ClF3N3/c1-11-8-12(18(20,21)22)2-6-15(11)24-10-25-17-9-23-16-7-4-13(19)3-5-14(16)17/h2,4-9,23-25H,3,10H2,1H3. The maximum Gasteiger partial charge on any atom is 0.416 e. The molecule has 0 saturated carbocycles.